The second kappa shape index (κ2) is 11.4. The van der Waals surface area contributed by atoms with Crippen molar-refractivity contribution < 1.29 is 18.0 Å². The van der Waals surface area contributed by atoms with Gasteiger partial charge in [-0.2, -0.15) is 18.7 Å². The van der Waals surface area contributed by atoms with Crippen LogP contribution in [0.4, 0.5) is 24.5 Å². The molecular formula is C25H31F3N8O. The number of fused-ring (bicyclic) bond motifs is 1. The van der Waals surface area contributed by atoms with E-state index in [2.05, 4.69) is 15.8 Å². The topological polar surface area (TPSA) is 93.0 Å². The Kier molecular flexibility index (Phi) is 8.25. The zero-order valence-corrected chi connectivity index (χ0v) is 20.8. The van der Waals surface area contributed by atoms with Gasteiger partial charge in [-0.1, -0.05) is 25.1 Å². The predicted molar refractivity (Wildman–Crippen MR) is 136 cm³/mol. The van der Waals surface area contributed by atoms with Crippen molar-refractivity contribution in [2.24, 2.45) is 5.84 Å². The summed E-state index contributed by atoms with van der Waals surface area (Å²) in [4.78, 5) is 18.9. The lowest BCUT2D eigenvalue weighted by molar-refractivity contribution is -0.137. The van der Waals surface area contributed by atoms with E-state index in [-0.39, 0.29) is 11.4 Å². The van der Waals surface area contributed by atoms with Crippen LogP contribution in [-0.2, 0) is 6.18 Å². The van der Waals surface area contributed by atoms with Gasteiger partial charge in [0, 0.05) is 67.8 Å². The van der Waals surface area contributed by atoms with Gasteiger partial charge in [0.25, 0.3) is 5.91 Å². The molecule has 0 atom stereocenters. The van der Waals surface area contributed by atoms with Crippen molar-refractivity contribution in [2.75, 3.05) is 44.6 Å². The van der Waals surface area contributed by atoms with Crippen LogP contribution in [0.2, 0.25) is 0 Å². The second-order valence-corrected chi connectivity index (χ2v) is 8.65. The highest BCUT2D eigenvalue weighted by Crippen LogP contribution is 2.33. The molecule has 2 heterocycles. The summed E-state index contributed by atoms with van der Waals surface area (Å²) in [5.41, 5.74) is 4.53. The van der Waals surface area contributed by atoms with Gasteiger partial charge < -0.3 is 10.2 Å². The van der Waals surface area contributed by atoms with E-state index >= 15 is 0 Å². The standard InChI is InChI=1S/C25H31F3N8O/c1-3-35(4-2)36(29)32-34-15-13-33(14-16-34)24(37)18-5-8-20(9-6-18)31-22-11-12-30-23-17-19(25(26,27)28)7-10-21(22)23/h5-12,17,32H,3-4,13-16,29H2,1-2H3,(H,30,31). The van der Waals surface area contributed by atoms with E-state index in [0.29, 0.717) is 48.5 Å². The lowest BCUT2D eigenvalue weighted by Crippen LogP contribution is -2.64. The van der Waals surface area contributed by atoms with E-state index in [9.17, 15) is 18.0 Å². The highest BCUT2D eigenvalue weighted by atomic mass is 19.4. The predicted octanol–water partition coefficient (Wildman–Crippen LogP) is 3.61. The van der Waals surface area contributed by atoms with Gasteiger partial charge in [0.2, 0.25) is 0 Å². The highest BCUT2D eigenvalue weighted by molar-refractivity contribution is 5.96. The SMILES string of the molecule is CCN(CC)N(N)NN1CCN(C(=O)c2ccc(Nc3ccnc4cc(C(F)(F)F)ccc34)cc2)CC1. The van der Waals surface area contributed by atoms with Crippen LogP contribution in [-0.4, -0.2) is 70.3 Å². The summed E-state index contributed by atoms with van der Waals surface area (Å²) in [6.07, 6.45) is -2.97. The fourth-order valence-corrected chi connectivity index (χ4v) is 4.21. The number of amides is 1. The maximum atomic E-state index is 13.0. The Hall–Kier alpha value is -3.29. The van der Waals surface area contributed by atoms with Crippen molar-refractivity contribution in [3.63, 3.8) is 0 Å². The summed E-state index contributed by atoms with van der Waals surface area (Å²) >= 11 is 0. The number of rotatable bonds is 8. The summed E-state index contributed by atoms with van der Waals surface area (Å²) in [5.74, 6) is 5.99. The molecule has 0 spiro atoms. The van der Waals surface area contributed by atoms with E-state index in [1.807, 2.05) is 23.9 Å². The molecule has 9 nitrogen and oxygen atoms in total. The van der Waals surface area contributed by atoms with Crippen molar-refractivity contribution in [3.8, 4) is 0 Å². The van der Waals surface area contributed by atoms with Crippen LogP contribution >= 0.6 is 0 Å². The van der Waals surface area contributed by atoms with E-state index in [4.69, 9.17) is 5.84 Å². The molecule has 1 amide bonds. The summed E-state index contributed by atoms with van der Waals surface area (Å²) in [7, 11) is 0. The molecule has 0 bridgehead atoms. The molecular weight excluding hydrogens is 485 g/mol. The van der Waals surface area contributed by atoms with Crippen molar-refractivity contribution >= 4 is 28.2 Å². The van der Waals surface area contributed by atoms with Crippen LogP contribution < -0.4 is 16.7 Å². The molecule has 0 saturated carbocycles. The number of nitrogens with one attached hydrogen (secondary N) is 2. The third-order valence-electron chi connectivity index (χ3n) is 6.33. The molecule has 1 aromatic heterocycles. The number of hydrazine groups is 4. The molecule has 4 rings (SSSR count). The number of hydrogen-bond acceptors (Lipinski definition) is 8. The van der Waals surface area contributed by atoms with Crippen LogP contribution in [0.15, 0.2) is 54.7 Å². The Balaban J connectivity index is 1.37. The first kappa shape index (κ1) is 26.8. The van der Waals surface area contributed by atoms with E-state index < -0.39 is 11.7 Å². The van der Waals surface area contributed by atoms with Crippen LogP contribution in [0.25, 0.3) is 10.9 Å². The van der Waals surface area contributed by atoms with E-state index in [1.54, 1.807) is 35.2 Å². The average Bonchev–Trinajstić information content (AvgIpc) is 2.89. The minimum atomic E-state index is -4.43. The van der Waals surface area contributed by atoms with E-state index in [0.717, 1.165) is 25.2 Å². The summed E-state index contributed by atoms with van der Waals surface area (Å²) in [5, 5.41) is 9.18. The zero-order chi connectivity index (χ0) is 26.6. The van der Waals surface area contributed by atoms with Gasteiger partial charge in [-0.25, -0.2) is 15.9 Å². The number of aromatic nitrogens is 1. The average molecular weight is 517 g/mol. The van der Waals surface area contributed by atoms with Gasteiger partial charge in [0.15, 0.2) is 0 Å². The summed E-state index contributed by atoms with van der Waals surface area (Å²) in [6, 6.07) is 12.2. The second-order valence-electron chi connectivity index (χ2n) is 8.65. The van der Waals surface area contributed by atoms with Gasteiger partial charge in [0.1, 0.15) is 0 Å². The Morgan fingerprint density at radius 3 is 2.32 bits per heavy atom. The molecule has 0 radical (unpaired) electrons. The Morgan fingerprint density at radius 2 is 1.70 bits per heavy atom. The molecule has 0 aliphatic carbocycles. The number of hydrogen-bond donors (Lipinski definition) is 3. The third kappa shape index (κ3) is 6.35. The highest BCUT2D eigenvalue weighted by Gasteiger charge is 2.30. The molecule has 1 aliphatic heterocycles. The first-order valence-electron chi connectivity index (χ1n) is 12.1. The monoisotopic (exact) mass is 516 g/mol. The molecule has 4 N–H and O–H groups in total. The molecule has 12 heteroatoms. The van der Waals surface area contributed by atoms with E-state index in [1.165, 1.54) is 17.5 Å². The van der Waals surface area contributed by atoms with Crippen molar-refractivity contribution in [1.82, 2.24) is 30.7 Å². The van der Waals surface area contributed by atoms with Crippen LogP contribution in [0.3, 0.4) is 0 Å². The van der Waals surface area contributed by atoms with Gasteiger partial charge in [-0.05, 0) is 42.5 Å². The van der Waals surface area contributed by atoms with Gasteiger partial charge in [-0.15, -0.1) is 0 Å². The lowest BCUT2D eigenvalue weighted by atomic mass is 10.1. The van der Waals surface area contributed by atoms with Crippen LogP contribution in [0, 0.1) is 0 Å². The number of alkyl halides is 3. The first-order valence-corrected chi connectivity index (χ1v) is 12.1. The van der Waals surface area contributed by atoms with Gasteiger partial charge in [0.05, 0.1) is 11.1 Å². The largest absolute Gasteiger partial charge is 0.416 e. The normalized spacial score (nSPS) is 15.1. The third-order valence-corrected chi connectivity index (χ3v) is 6.33. The lowest BCUT2D eigenvalue weighted by Gasteiger charge is -2.39. The molecule has 1 fully saturated rings. The van der Waals surface area contributed by atoms with Crippen molar-refractivity contribution in [1.29, 1.82) is 0 Å². The fourth-order valence-electron chi connectivity index (χ4n) is 4.21. The number of carbonyl (C=O) groups excluding carboxylic acids is 1. The fraction of sp³-hybridized carbons (Fsp3) is 0.360. The van der Waals surface area contributed by atoms with Crippen molar-refractivity contribution in [3.05, 3.63) is 65.9 Å². The van der Waals surface area contributed by atoms with Gasteiger partial charge >= 0.3 is 6.18 Å². The Labute approximate surface area is 213 Å². The minimum Gasteiger partial charge on any atom is -0.355 e. The Morgan fingerprint density at radius 1 is 1.03 bits per heavy atom. The van der Waals surface area contributed by atoms with Crippen LogP contribution in [0.5, 0.6) is 0 Å². The quantitative estimate of drug-likeness (QED) is 0.309. The zero-order valence-electron chi connectivity index (χ0n) is 20.8. The summed E-state index contributed by atoms with van der Waals surface area (Å²) in [6.45, 7) is 7.97. The molecule has 1 aliphatic rings. The van der Waals surface area contributed by atoms with Crippen LogP contribution in [0.1, 0.15) is 29.8 Å². The number of pyridine rings is 1. The molecule has 1 saturated heterocycles. The number of anilines is 2. The maximum Gasteiger partial charge on any atom is 0.416 e. The molecule has 3 aromatic rings. The summed E-state index contributed by atoms with van der Waals surface area (Å²) < 4.78 is 39.1. The number of piperazine rings is 1. The minimum absolute atomic E-state index is 0.0615. The number of nitrogens with zero attached hydrogens (tertiary/aromatic N) is 5. The van der Waals surface area contributed by atoms with Crippen molar-refractivity contribution in [2.45, 2.75) is 20.0 Å². The molecule has 2 aromatic carbocycles. The number of halogens is 3. The number of benzene rings is 2. The number of nitrogens with two attached hydrogens (primary N) is 1. The Bertz CT molecular complexity index is 1210. The maximum absolute atomic E-state index is 13.0. The first-order chi connectivity index (χ1) is 17.7. The molecule has 0 unspecified atom stereocenters. The molecule has 37 heavy (non-hydrogen) atoms. The molecule has 198 valence electrons. The van der Waals surface area contributed by atoms with Gasteiger partial charge in [-0.3, -0.25) is 9.78 Å². The number of carbonyl (C=O) groups is 1. The smallest absolute Gasteiger partial charge is 0.355 e.